The van der Waals surface area contributed by atoms with Crippen LogP contribution >= 0.6 is 0 Å². The minimum absolute atomic E-state index is 0.364. The van der Waals surface area contributed by atoms with E-state index < -0.39 is 0 Å². The Morgan fingerprint density at radius 3 is 2.40 bits per heavy atom. The highest BCUT2D eigenvalue weighted by Crippen LogP contribution is 2.53. The summed E-state index contributed by atoms with van der Waals surface area (Å²) in [7, 11) is 0. The number of primary amides is 1. The first-order chi connectivity index (χ1) is 19.4. The molecule has 2 aromatic carbocycles. The summed E-state index contributed by atoms with van der Waals surface area (Å²) < 4.78 is 0. The molecule has 2 saturated heterocycles. The highest BCUT2D eigenvalue weighted by atomic mass is 16.1. The second-order valence-electron chi connectivity index (χ2n) is 12.6. The highest BCUT2D eigenvalue weighted by Gasteiger charge is 2.50. The highest BCUT2D eigenvalue weighted by molar-refractivity contribution is 5.93. The van der Waals surface area contributed by atoms with Gasteiger partial charge in [-0.1, -0.05) is 44.2 Å². The maximum atomic E-state index is 11.4. The molecule has 2 aliphatic heterocycles. The molecule has 6 heteroatoms. The number of aromatic nitrogens is 1. The van der Waals surface area contributed by atoms with E-state index in [0.717, 1.165) is 39.3 Å². The number of piperidine rings is 1. The minimum Gasteiger partial charge on any atom is -0.371 e. The molecule has 1 spiro atoms. The third-order valence-corrected chi connectivity index (χ3v) is 9.76. The van der Waals surface area contributed by atoms with Gasteiger partial charge in [0.1, 0.15) is 0 Å². The van der Waals surface area contributed by atoms with Crippen LogP contribution in [0.1, 0.15) is 78.5 Å². The largest absolute Gasteiger partial charge is 0.371 e. The Bertz CT molecular complexity index is 1290. The van der Waals surface area contributed by atoms with E-state index in [9.17, 15) is 4.79 Å². The first kappa shape index (κ1) is 27.0. The molecule has 0 radical (unpaired) electrons. The number of amides is 1. The lowest BCUT2D eigenvalue weighted by Crippen LogP contribution is -2.60. The maximum Gasteiger partial charge on any atom is 0.248 e. The SMILES string of the molecule is CC(C)c1ccccc1C1CN(Cc2cccnc2)CCN1C1CC2(CCN(c3ccc(C(N)=O)cc3)CC2)C1. The van der Waals surface area contributed by atoms with Gasteiger partial charge in [0.15, 0.2) is 0 Å². The van der Waals surface area contributed by atoms with E-state index in [1.807, 2.05) is 42.7 Å². The average molecular weight is 538 g/mol. The standard InChI is InChI=1S/C34H43N5O/c1-25(2)30-7-3-4-8-31(30)32-24-37(23-26-6-5-15-36-22-26)18-19-39(32)29-20-34(21-29)13-16-38(17-14-34)28-11-9-27(10-12-28)33(35)40/h3-12,15,22,25,29,32H,13-14,16-21,23-24H2,1-2H3,(H2,35,40). The molecule has 6 nitrogen and oxygen atoms in total. The molecule has 1 unspecified atom stereocenters. The zero-order valence-electron chi connectivity index (χ0n) is 24.0. The van der Waals surface area contributed by atoms with E-state index in [0.29, 0.717) is 29.0 Å². The van der Waals surface area contributed by atoms with Gasteiger partial charge in [-0.3, -0.25) is 19.6 Å². The molecule has 1 aromatic heterocycles. The summed E-state index contributed by atoms with van der Waals surface area (Å²) in [4.78, 5) is 23.8. The van der Waals surface area contributed by atoms with Crippen molar-refractivity contribution in [2.75, 3.05) is 37.6 Å². The van der Waals surface area contributed by atoms with Gasteiger partial charge in [-0.05, 0) is 84.0 Å². The van der Waals surface area contributed by atoms with E-state index in [1.54, 1.807) is 0 Å². The molecule has 0 bridgehead atoms. The lowest BCUT2D eigenvalue weighted by atomic mass is 9.59. The third kappa shape index (κ3) is 5.52. The van der Waals surface area contributed by atoms with Crippen LogP contribution in [0.2, 0.25) is 0 Å². The number of anilines is 1. The van der Waals surface area contributed by atoms with E-state index in [4.69, 9.17) is 5.73 Å². The number of hydrogen-bond acceptors (Lipinski definition) is 5. The summed E-state index contributed by atoms with van der Waals surface area (Å²) in [5, 5.41) is 0. The number of carbonyl (C=O) groups is 1. The summed E-state index contributed by atoms with van der Waals surface area (Å²) in [6, 6.07) is 22.3. The molecule has 3 heterocycles. The van der Waals surface area contributed by atoms with Gasteiger partial charge in [0.25, 0.3) is 0 Å². The van der Waals surface area contributed by atoms with Crippen LogP contribution in [0.4, 0.5) is 5.69 Å². The van der Waals surface area contributed by atoms with E-state index in [2.05, 4.69) is 63.9 Å². The number of pyridine rings is 1. The molecule has 1 amide bonds. The van der Waals surface area contributed by atoms with Gasteiger partial charge >= 0.3 is 0 Å². The quantitative estimate of drug-likeness (QED) is 0.424. The van der Waals surface area contributed by atoms with E-state index in [-0.39, 0.29) is 5.91 Å². The number of piperazine rings is 1. The van der Waals surface area contributed by atoms with Crippen molar-refractivity contribution in [3.05, 3.63) is 95.3 Å². The number of hydrogen-bond donors (Lipinski definition) is 1. The predicted octanol–water partition coefficient (Wildman–Crippen LogP) is 5.61. The zero-order valence-corrected chi connectivity index (χ0v) is 24.0. The van der Waals surface area contributed by atoms with Gasteiger partial charge in [0.05, 0.1) is 0 Å². The summed E-state index contributed by atoms with van der Waals surface area (Å²) >= 11 is 0. The van der Waals surface area contributed by atoms with Gasteiger partial charge in [0, 0.05) is 75.0 Å². The molecule has 1 saturated carbocycles. The zero-order chi connectivity index (χ0) is 27.7. The van der Waals surface area contributed by atoms with Crippen molar-refractivity contribution in [3.8, 4) is 0 Å². The lowest BCUT2D eigenvalue weighted by molar-refractivity contribution is -0.0628. The Balaban J connectivity index is 1.14. The van der Waals surface area contributed by atoms with Crippen LogP contribution in [0.15, 0.2) is 73.1 Å². The van der Waals surface area contributed by atoms with Gasteiger partial charge in [-0.15, -0.1) is 0 Å². The van der Waals surface area contributed by atoms with Crippen molar-refractivity contribution < 1.29 is 4.79 Å². The Labute approximate surface area is 239 Å². The number of carbonyl (C=O) groups excluding carboxylic acids is 1. The Hall–Kier alpha value is -3.22. The molecule has 2 N–H and O–H groups in total. The van der Waals surface area contributed by atoms with Crippen LogP contribution in [-0.4, -0.2) is 59.5 Å². The lowest BCUT2D eigenvalue weighted by Gasteiger charge is -2.58. The maximum absolute atomic E-state index is 11.4. The third-order valence-electron chi connectivity index (χ3n) is 9.76. The Morgan fingerprint density at radius 1 is 0.975 bits per heavy atom. The fraction of sp³-hybridized carbons (Fsp3) is 0.471. The second kappa shape index (κ2) is 11.3. The number of rotatable bonds is 7. The monoisotopic (exact) mass is 537 g/mol. The van der Waals surface area contributed by atoms with Crippen molar-refractivity contribution in [3.63, 3.8) is 0 Å². The smallest absolute Gasteiger partial charge is 0.248 e. The molecule has 210 valence electrons. The molecule has 6 rings (SSSR count). The van der Waals surface area contributed by atoms with E-state index in [1.165, 1.54) is 48.1 Å². The Kier molecular flexibility index (Phi) is 7.65. The summed E-state index contributed by atoms with van der Waals surface area (Å²) in [5.74, 6) is 0.151. The van der Waals surface area contributed by atoms with Crippen LogP contribution in [0.25, 0.3) is 0 Å². The summed E-state index contributed by atoms with van der Waals surface area (Å²) in [6.07, 6.45) is 8.98. The molecule has 40 heavy (non-hydrogen) atoms. The first-order valence-corrected chi connectivity index (χ1v) is 15.0. The van der Waals surface area contributed by atoms with Crippen molar-refractivity contribution in [1.82, 2.24) is 14.8 Å². The molecular weight excluding hydrogens is 494 g/mol. The molecule has 3 aromatic rings. The normalized spacial score (nSPS) is 22.0. The first-order valence-electron chi connectivity index (χ1n) is 15.0. The van der Waals surface area contributed by atoms with E-state index >= 15 is 0 Å². The molecule has 1 atom stereocenters. The number of nitrogens with two attached hydrogens (primary N) is 1. The fourth-order valence-electron chi connectivity index (χ4n) is 7.46. The number of nitrogens with zero attached hydrogens (tertiary/aromatic N) is 4. The van der Waals surface area contributed by atoms with Gasteiger partial charge in [0.2, 0.25) is 5.91 Å². The topological polar surface area (TPSA) is 65.7 Å². The number of benzene rings is 2. The predicted molar refractivity (Wildman–Crippen MR) is 161 cm³/mol. The summed E-state index contributed by atoms with van der Waals surface area (Å²) in [5.41, 5.74) is 12.0. The second-order valence-corrected chi connectivity index (χ2v) is 12.6. The average Bonchev–Trinajstić information content (AvgIpc) is 2.97. The van der Waals surface area contributed by atoms with Crippen molar-refractivity contribution in [2.24, 2.45) is 11.1 Å². The van der Waals surface area contributed by atoms with Gasteiger partial charge in [-0.25, -0.2) is 0 Å². The van der Waals surface area contributed by atoms with Gasteiger partial charge in [-0.2, -0.15) is 0 Å². The van der Waals surface area contributed by atoms with Crippen LogP contribution in [0.3, 0.4) is 0 Å². The van der Waals surface area contributed by atoms with Crippen LogP contribution in [0, 0.1) is 5.41 Å². The van der Waals surface area contributed by atoms with Crippen molar-refractivity contribution >= 4 is 11.6 Å². The molecule has 1 aliphatic carbocycles. The Morgan fingerprint density at radius 2 is 1.73 bits per heavy atom. The van der Waals surface area contributed by atoms with Crippen LogP contribution < -0.4 is 10.6 Å². The van der Waals surface area contributed by atoms with Gasteiger partial charge < -0.3 is 10.6 Å². The van der Waals surface area contributed by atoms with Crippen molar-refractivity contribution in [1.29, 1.82) is 0 Å². The summed E-state index contributed by atoms with van der Waals surface area (Å²) in [6.45, 7) is 11.1. The van der Waals surface area contributed by atoms with Crippen molar-refractivity contribution in [2.45, 2.75) is 64.1 Å². The molecule has 3 aliphatic rings. The van der Waals surface area contributed by atoms with Crippen LogP contribution in [-0.2, 0) is 6.54 Å². The fourth-order valence-corrected chi connectivity index (χ4v) is 7.46. The minimum atomic E-state index is -0.364. The molecular formula is C34H43N5O. The van der Waals surface area contributed by atoms with Crippen LogP contribution in [0.5, 0.6) is 0 Å². The molecule has 3 fully saturated rings.